The summed E-state index contributed by atoms with van der Waals surface area (Å²) in [5.41, 5.74) is 6.63. The minimum atomic E-state index is -4.83. The molecule has 1 atom stereocenters. The van der Waals surface area contributed by atoms with Crippen LogP contribution < -0.4 is 31.9 Å². The molecule has 1 aromatic heterocycles. The standard InChI is InChI=1S/C24H26F3N5O5/c1-30-20-19(21(34)31(23(30)35)10-3-11-33)32(13-15-6-8-17(28)9-7-15)22(29-20)36-14-16-4-2-5-18(12-16)37-24(25,26)27/h2,4-9,12,22,29,33H,3,10-11,13-14,28H2,1H3. The number of fused-ring (bicyclic) bond motifs is 1. The van der Waals surface area contributed by atoms with Gasteiger partial charge in [0.25, 0.3) is 5.56 Å². The first-order valence-electron chi connectivity index (χ1n) is 11.4. The summed E-state index contributed by atoms with van der Waals surface area (Å²) < 4.78 is 50.1. The van der Waals surface area contributed by atoms with Gasteiger partial charge in [-0.2, -0.15) is 0 Å². The summed E-state index contributed by atoms with van der Waals surface area (Å²) in [4.78, 5) is 27.8. The van der Waals surface area contributed by atoms with Gasteiger partial charge in [0, 0.05) is 32.4 Å². The fourth-order valence-corrected chi connectivity index (χ4v) is 4.03. The number of aromatic nitrogens is 2. The lowest BCUT2D eigenvalue weighted by Gasteiger charge is -2.26. The number of halogens is 3. The number of nitrogens with zero attached hydrogens (tertiary/aromatic N) is 3. The minimum Gasteiger partial charge on any atom is -0.406 e. The van der Waals surface area contributed by atoms with Crippen LogP contribution in [0.4, 0.5) is 30.4 Å². The monoisotopic (exact) mass is 521 g/mol. The van der Waals surface area contributed by atoms with Gasteiger partial charge in [0.05, 0.1) is 6.61 Å². The number of ether oxygens (including phenoxy) is 2. The number of aliphatic hydroxyl groups excluding tert-OH is 1. The maximum absolute atomic E-state index is 13.4. The molecule has 0 radical (unpaired) electrons. The molecule has 0 aliphatic carbocycles. The Morgan fingerprint density at radius 1 is 1.11 bits per heavy atom. The third kappa shape index (κ3) is 5.89. The van der Waals surface area contributed by atoms with Gasteiger partial charge in [-0.25, -0.2) is 4.79 Å². The van der Waals surface area contributed by atoms with Crippen molar-refractivity contribution < 1.29 is 27.8 Å². The van der Waals surface area contributed by atoms with Gasteiger partial charge in [0.15, 0.2) is 0 Å². The first-order valence-corrected chi connectivity index (χ1v) is 11.4. The van der Waals surface area contributed by atoms with Crippen LogP contribution in [-0.4, -0.2) is 33.6 Å². The zero-order chi connectivity index (χ0) is 26.7. The second-order valence-corrected chi connectivity index (χ2v) is 8.45. The van der Waals surface area contributed by atoms with Crippen LogP contribution in [0.25, 0.3) is 0 Å². The van der Waals surface area contributed by atoms with Gasteiger partial charge in [-0.1, -0.05) is 24.3 Å². The number of alkyl halides is 3. The Morgan fingerprint density at radius 3 is 2.51 bits per heavy atom. The molecule has 0 bridgehead atoms. The van der Waals surface area contributed by atoms with E-state index in [0.29, 0.717) is 11.3 Å². The topological polar surface area (TPSA) is 124 Å². The normalized spacial score (nSPS) is 14.9. The predicted octanol–water partition coefficient (Wildman–Crippen LogP) is 2.34. The number of nitrogens with two attached hydrogens (primary N) is 1. The largest absolute Gasteiger partial charge is 0.573 e. The first kappa shape index (κ1) is 26.1. The second kappa shape index (κ2) is 10.6. The second-order valence-electron chi connectivity index (χ2n) is 8.45. The van der Waals surface area contributed by atoms with Crippen molar-refractivity contribution in [1.82, 2.24) is 9.13 Å². The average molecular weight is 521 g/mol. The number of nitrogens with one attached hydrogen (secondary N) is 1. The highest BCUT2D eigenvalue weighted by atomic mass is 19.4. The van der Waals surface area contributed by atoms with E-state index in [1.807, 2.05) is 0 Å². The van der Waals surface area contributed by atoms with E-state index in [1.165, 1.54) is 29.8 Å². The SMILES string of the molecule is Cn1c2c(c(=O)n(CCCO)c1=O)N(Cc1ccc(N)cc1)C(OCc1cccc(OC(F)(F)F)c1)N2. The number of nitrogen functional groups attached to an aromatic ring is 1. The highest BCUT2D eigenvalue weighted by molar-refractivity contribution is 5.71. The van der Waals surface area contributed by atoms with Crippen LogP contribution in [0.5, 0.6) is 5.75 Å². The van der Waals surface area contributed by atoms with Crippen LogP contribution in [-0.2, 0) is 31.5 Å². The molecule has 0 saturated heterocycles. The molecule has 0 fully saturated rings. The van der Waals surface area contributed by atoms with E-state index in [1.54, 1.807) is 35.2 Å². The van der Waals surface area contributed by atoms with Crippen molar-refractivity contribution >= 4 is 17.2 Å². The van der Waals surface area contributed by atoms with Gasteiger partial charge in [0.1, 0.15) is 17.3 Å². The van der Waals surface area contributed by atoms with Crippen molar-refractivity contribution in [3.63, 3.8) is 0 Å². The maximum Gasteiger partial charge on any atom is 0.573 e. The van der Waals surface area contributed by atoms with Crippen molar-refractivity contribution in [2.45, 2.75) is 38.8 Å². The molecule has 37 heavy (non-hydrogen) atoms. The van der Waals surface area contributed by atoms with Crippen LogP contribution in [0.2, 0.25) is 0 Å². The molecular formula is C24H26F3N5O5. The van der Waals surface area contributed by atoms with E-state index in [-0.39, 0.29) is 50.0 Å². The molecule has 1 unspecified atom stereocenters. The van der Waals surface area contributed by atoms with Gasteiger partial charge in [-0.3, -0.25) is 13.9 Å². The minimum absolute atomic E-state index is 0.0303. The van der Waals surface area contributed by atoms with Gasteiger partial charge >= 0.3 is 12.1 Å². The number of aliphatic hydroxyl groups is 1. The molecular weight excluding hydrogens is 495 g/mol. The Morgan fingerprint density at radius 2 is 1.84 bits per heavy atom. The van der Waals surface area contributed by atoms with E-state index in [0.717, 1.165) is 10.1 Å². The lowest BCUT2D eigenvalue weighted by Crippen LogP contribution is -2.42. The molecule has 3 aromatic rings. The Kier molecular flexibility index (Phi) is 7.45. The zero-order valence-corrected chi connectivity index (χ0v) is 19.9. The lowest BCUT2D eigenvalue weighted by atomic mass is 10.2. The molecule has 2 aromatic carbocycles. The third-order valence-electron chi connectivity index (χ3n) is 5.77. The third-order valence-corrected chi connectivity index (χ3v) is 5.77. The highest BCUT2D eigenvalue weighted by Gasteiger charge is 2.36. The number of anilines is 3. The Hall–Kier alpha value is -3.97. The van der Waals surface area contributed by atoms with E-state index in [2.05, 4.69) is 10.1 Å². The van der Waals surface area contributed by atoms with Crippen molar-refractivity contribution in [2.75, 3.05) is 22.6 Å². The van der Waals surface area contributed by atoms with E-state index >= 15 is 0 Å². The van der Waals surface area contributed by atoms with E-state index in [4.69, 9.17) is 10.5 Å². The van der Waals surface area contributed by atoms with E-state index < -0.39 is 24.0 Å². The molecule has 2 heterocycles. The molecule has 1 aliphatic rings. The average Bonchev–Trinajstić information content (AvgIpc) is 3.20. The van der Waals surface area contributed by atoms with Gasteiger partial charge < -0.3 is 30.5 Å². The Labute approximate surface area is 209 Å². The quantitative estimate of drug-likeness (QED) is 0.367. The van der Waals surface area contributed by atoms with Crippen molar-refractivity contribution in [1.29, 1.82) is 0 Å². The summed E-state index contributed by atoms with van der Waals surface area (Å²) >= 11 is 0. The Balaban J connectivity index is 1.66. The molecule has 4 N–H and O–H groups in total. The summed E-state index contributed by atoms with van der Waals surface area (Å²) in [6, 6.07) is 12.4. The molecule has 0 saturated carbocycles. The van der Waals surface area contributed by atoms with Crippen LogP contribution in [0.15, 0.2) is 58.1 Å². The number of hydrogen-bond donors (Lipinski definition) is 3. The summed E-state index contributed by atoms with van der Waals surface area (Å²) in [5, 5.41) is 12.2. The lowest BCUT2D eigenvalue weighted by molar-refractivity contribution is -0.274. The van der Waals surface area contributed by atoms with E-state index in [9.17, 15) is 27.9 Å². The van der Waals surface area contributed by atoms with Crippen molar-refractivity contribution in [3.05, 3.63) is 80.5 Å². The number of hydrogen-bond acceptors (Lipinski definition) is 8. The summed E-state index contributed by atoms with van der Waals surface area (Å²) in [6.45, 7) is -0.0767. The van der Waals surface area contributed by atoms with Crippen LogP contribution >= 0.6 is 0 Å². The summed E-state index contributed by atoms with van der Waals surface area (Å²) in [5.74, 6) is -0.144. The van der Waals surface area contributed by atoms with Gasteiger partial charge in [-0.05, 0) is 41.8 Å². The zero-order valence-electron chi connectivity index (χ0n) is 19.9. The first-order chi connectivity index (χ1) is 17.6. The molecule has 0 spiro atoms. The fraction of sp³-hybridized carbons (Fsp3) is 0.333. The molecule has 13 heteroatoms. The molecule has 10 nitrogen and oxygen atoms in total. The van der Waals surface area contributed by atoms with Crippen LogP contribution in [0, 0.1) is 0 Å². The molecule has 4 rings (SSSR count). The van der Waals surface area contributed by atoms with Gasteiger partial charge in [0.2, 0.25) is 6.35 Å². The summed E-state index contributed by atoms with van der Waals surface area (Å²) in [6.07, 6.45) is -5.54. The van der Waals surface area contributed by atoms with Crippen LogP contribution in [0.3, 0.4) is 0 Å². The number of rotatable bonds is 9. The Bertz CT molecular complexity index is 1370. The van der Waals surface area contributed by atoms with Crippen molar-refractivity contribution in [3.8, 4) is 5.75 Å². The predicted molar refractivity (Wildman–Crippen MR) is 130 cm³/mol. The molecule has 0 amide bonds. The summed E-state index contributed by atoms with van der Waals surface area (Å²) in [7, 11) is 1.50. The molecule has 198 valence electrons. The molecule has 1 aliphatic heterocycles. The van der Waals surface area contributed by atoms with Crippen LogP contribution in [0.1, 0.15) is 17.5 Å². The van der Waals surface area contributed by atoms with Gasteiger partial charge in [-0.15, -0.1) is 13.2 Å². The smallest absolute Gasteiger partial charge is 0.406 e. The van der Waals surface area contributed by atoms with Crippen molar-refractivity contribution in [2.24, 2.45) is 7.05 Å². The maximum atomic E-state index is 13.4. The number of benzene rings is 2. The highest BCUT2D eigenvalue weighted by Crippen LogP contribution is 2.33. The fourth-order valence-electron chi connectivity index (χ4n) is 4.03.